The van der Waals surface area contributed by atoms with Gasteiger partial charge in [-0.3, -0.25) is 4.98 Å². The van der Waals surface area contributed by atoms with Crippen LogP contribution in [0, 0.1) is 0 Å². The number of hydrogen-bond acceptors (Lipinski definition) is 3. The molecule has 182 valence electrons. The monoisotopic (exact) mass is 498 g/mol. The lowest BCUT2D eigenvalue weighted by Crippen LogP contribution is -2.01. The first kappa shape index (κ1) is 21.7. The van der Waals surface area contributed by atoms with E-state index >= 15 is 0 Å². The molecule has 39 heavy (non-hydrogen) atoms. The van der Waals surface area contributed by atoms with E-state index in [2.05, 4.69) is 108 Å². The number of rotatable bonds is 3. The average Bonchev–Trinajstić information content (AvgIpc) is 3.46. The standard InChI is InChI=1S/C35H22N4/c1-3-10-23(11-4-1)29-22-37-39-34(26-12-5-2-6-13-26)31(27-15-7-8-16-28(27)35(29)39)30-20-19-25-18-17-24-14-9-21-36-32(24)33(25)38-30/h1-22H. The van der Waals surface area contributed by atoms with Gasteiger partial charge in [0, 0.05) is 39.0 Å². The van der Waals surface area contributed by atoms with Gasteiger partial charge in [0.2, 0.25) is 0 Å². The minimum Gasteiger partial charge on any atom is -0.254 e. The molecule has 0 spiro atoms. The van der Waals surface area contributed by atoms with Crippen LogP contribution in [0.25, 0.3) is 71.7 Å². The smallest absolute Gasteiger partial charge is 0.0972 e. The molecule has 4 heterocycles. The summed E-state index contributed by atoms with van der Waals surface area (Å²) in [6.07, 6.45) is 3.82. The van der Waals surface area contributed by atoms with Crippen LogP contribution >= 0.6 is 0 Å². The number of benzene rings is 4. The summed E-state index contributed by atoms with van der Waals surface area (Å²) in [6.45, 7) is 0. The Balaban J connectivity index is 1.54. The lowest BCUT2D eigenvalue weighted by Gasteiger charge is -2.17. The van der Waals surface area contributed by atoms with Gasteiger partial charge in [-0.1, -0.05) is 109 Å². The van der Waals surface area contributed by atoms with Gasteiger partial charge in [0.15, 0.2) is 0 Å². The van der Waals surface area contributed by atoms with Crippen LogP contribution in [0.3, 0.4) is 0 Å². The maximum atomic E-state index is 5.28. The summed E-state index contributed by atoms with van der Waals surface area (Å²) in [5.74, 6) is 0. The fourth-order valence-corrected chi connectivity index (χ4v) is 5.73. The van der Waals surface area contributed by atoms with E-state index < -0.39 is 0 Å². The van der Waals surface area contributed by atoms with E-state index in [4.69, 9.17) is 15.1 Å². The second-order valence-corrected chi connectivity index (χ2v) is 9.73. The van der Waals surface area contributed by atoms with Gasteiger partial charge in [0.25, 0.3) is 0 Å². The second kappa shape index (κ2) is 8.61. The van der Waals surface area contributed by atoms with Crippen LogP contribution in [0.5, 0.6) is 0 Å². The molecule has 0 saturated carbocycles. The molecule has 0 aliphatic heterocycles. The van der Waals surface area contributed by atoms with Crippen LogP contribution in [-0.4, -0.2) is 19.6 Å². The van der Waals surface area contributed by atoms with Gasteiger partial charge >= 0.3 is 0 Å². The first-order valence-corrected chi connectivity index (χ1v) is 13.0. The van der Waals surface area contributed by atoms with Gasteiger partial charge in [-0.2, -0.15) is 5.10 Å². The molecule has 0 aliphatic carbocycles. The molecule has 4 heteroatoms. The largest absolute Gasteiger partial charge is 0.254 e. The summed E-state index contributed by atoms with van der Waals surface area (Å²) in [5.41, 5.74) is 9.22. The highest BCUT2D eigenvalue weighted by atomic mass is 15.2. The third-order valence-electron chi connectivity index (χ3n) is 7.49. The highest BCUT2D eigenvalue weighted by Crippen LogP contribution is 2.42. The van der Waals surface area contributed by atoms with E-state index in [1.54, 1.807) is 0 Å². The number of nitrogens with zero attached hydrogens (tertiary/aromatic N) is 4. The van der Waals surface area contributed by atoms with Crippen LogP contribution in [0.2, 0.25) is 0 Å². The number of fused-ring (bicyclic) bond motifs is 6. The average molecular weight is 499 g/mol. The Hall–Kier alpha value is -5.35. The van der Waals surface area contributed by atoms with Crippen molar-refractivity contribution in [2.24, 2.45) is 0 Å². The predicted octanol–water partition coefficient (Wildman–Crippen LogP) is 8.58. The summed E-state index contributed by atoms with van der Waals surface area (Å²) >= 11 is 0. The molecule has 0 radical (unpaired) electrons. The maximum absolute atomic E-state index is 5.28. The summed E-state index contributed by atoms with van der Waals surface area (Å²) in [4.78, 5) is 9.97. The molecular formula is C35H22N4. The van der Waals surface area contributed by atoms with Crippen molar-refractivity contribution in [2.75, 3.05) is 0 Å². The first-order valence-electron chi connectivity index (χ1n) is 13.0. The molecular weight excluding hydrogens is 476 g/mol. The minimum absolute atomic E-state index is 0.898. The van der Waals surface area contributed by atoms with Crippen molar-refractivity contribution < 1.29 is 0 Å². The Morgan fingerprint density at radius 2 is 1.21 bits per heavy atom. The summed E-state index contributed by atoms with van der Waals surface area (Å²) in [6, 6.07) is 42.1. The van der Waals surface area contributed by atoms with E-state index in [9.17, 15) is 0 Å². The molecule has 8 aromatic rings. The Labute approximate surface area is 224 Å². The van der Waals surface area contributed by atoms with Crippen molar-refractivity contribution in [3.05, 3.63) is 134 Å². The molecule has 0 N–H and O–H groups in total. The van der Waals surface area contributed by atoms with E-state index in [0.717, 1.165) is 71.7 Å². The molecule has 0 amide bonds. The van der Waals surface area contributed by atoms with Crippen molar-refractivity contribution in [1.29, 1.82) is 0 Å². The van der Waals surface area contributed by atoms with Crippen LogP contribution < -0.4 is 0 Å². The molecule has 4 nitrogen and oxygen atoms in total. The van der Waals surface area contributed by atoms with Crippen molar-refractivity contribution in [1.82, 2.24) is 19.6 Å². The van der Waals surface area contributed by atoms with Gasteiger partial charge in [0.05, 0.1) is 34.1 Å². The Morgan fingerprint density at radius 3 is 2.00 bits per heavy atom. The van der Waals surface area contributed by atoms with Crippen LogP contribution in [-0.2, 0) is 0 Å². The molecule has 4 aromatic heterocycles. The normalized spacial score (nSPS) is 11.6. The molecule has 0 atom stereocenters. The lowest BCUT2D eigenvalue weighted by molar-refractivity contribution is 0.975. The Morgan fingerprint density at radius 1 is 0.538 bits per heavy atom. The molecule has 8 rings (SSSR count). The quantitative estimate of drug-likeness (QED) is 0.229. The third kappa shape index (κ3) is 3.35. The van der Waals surface area contributed by atoms with Gasteiger partial charge in [-0.05, 0) is 23.1 Å². The lowest BCUT2D eigenvalue weighted by atomic mass is 9.94. The summed E-state index contributed by atoms with van der Waals surface area (Å²) in [5, 5.41) is 9.43. The number of pyridine rings is 3. The predicted molar refractivity (Wildman–Crippen MR) is 160 cm³/mol. The third-order valence-corrected chi connectivity index (χ3v) is 7.49. The number of hydrogen-bond donors (Lipinski definition) is 0. The first-order chi connectivity index (χ1) is 19.4. The molecule has 0 fully saturated rings. The molecule has 0 aliphatic rings. The topological polar surface area (TPSA) is 43.1 Å². The van der Waals surface area contributed by atoms with Crippen molar-refractivity contribution in [3.63, 3.8) is 0 Å². The van der Waals surface area contributed by atoms with Crippen LogP contribution in [0.1, 0.15) is 0 Å². The van der Waals surface area contributed by atoms with Crippen molar-refractivity contribution in [3.8, 4) is 33.6 Å². The Bertz CT molecular complexity index is 2160. The SMILES string of the molecule is c1ccc(-c2cnn3c(-c4ccccc4)c(-c4ccc5ccc6cccnc6c5n4)c4ccccc4c23)cc1. The van der Waals surface area contributed by atoms with E-state index in [1.807, 2.05) is 30.6 Å². The van der Waals surface area contributed by atoms with Crippen LogP contribution in [0.15, 0.2) is 134 Å². The zero-order chi connectivity index (χ0) is 25.8. The van der Waals surface area contributed by atoms with E-state index in [-0.39, 0.29) is 0 Å². The zero-order valence-electron chi connectivity index (χ0n) is 21.0. The van der Waals surface area contributed by atoms with E-state index in [0.29, 0.717) is 0 Å². The van der Waals surface area contributed by atoms with Crippen molar-refractivity contribution >= 4 is 38.1 Å². The van der Waals surface area contributed by atoms with Gasteiger partial charge in [-0.25, -0.2) is 9.50 Å². The van der Waals surface area contributed by atoms with Gasteiger partial charge in [0.1, 0.15) is 0 Å². The second-order valence-electron chi connectivity index (χ2n) is 9.73. The fourth-order valence-electron chi connectivity index (χ4n) is 5.73. The molecule has 0 bridgehead atoms. The highest BCUT2D eigenvalue weighted by Gasteiger charge is 2.22. The summed E-state index contributed by atoms with van der Waals surface area (Å²) in [7, 11) is 0. The highest BCUT2D eigenvalue weighted by molar-refractivity contribution is 6.13. The molecule has 4 aromatic carbocycles. The van der Waals surface area contributed by atoms with E-state index in [1.165, 1.54) is 0 Å². The minimum atomic E-state index is 0.898. The molecule has 0 saturated heterocycles. The Kier molecular flexibility index (Phi) is 4.79. The zero-order valence-corrected chi connectivity index (χ0v) is 21.0. The van der Waals surface area contributed by atoms with Gasteiger partial charge < -0.3 is 0 Å². The summed E-state index contributed by atoms with van der Waals surface area (Å²) < 4.78 is 2.10. The fraction of sp³-hybridized carbons (Fsp3) is 0. The molecule has 0 unspecified atom stereocenters. The van der Waals surface area contributed by atoms with Crippen molar-refractivity contribution in [2.45, 2.75) is 0 Å². The van der Waals surface area contributed by atoms with Crippen LogP contribution in [0.4, 0.5) is 0 Å². The maximum Gasteiger partial charge on any atom is 0.0972 e. The van der Waals surface area contributed by atoms with Gasteiger partial charge in [-0.15, -0.1) is 0 Å². The number of aromatic nitrogens is 4.